The number of hydrogen-bond acceptors (Lipinski definition) is 4. The smallest absolute Gasteiger partial charge is 0.224 e. The van der Waals surface area contributed by atoms with Crippen LogP contribution in [0.4, 0.5) is 0 Å². The van der Waals surface area contributed by atoms with Gasteiger partial charge < -0.3 is 15.4 Å². The fourth-order valence-electron chi connectivity index (χ4n) is 3.13. The van der Waals surface area contributed by atoms with Crippen LogP contribution < -0.4 is 10.6 Å². The first-order valence-electron chi connectivity index (χ1n) is 7.29. The van der Waals surface area contributed by atoms with Gasteiger partial charge in [-0.25, -0.2) is 0 Å². The van der Waals surface area contributed by atoms with Crippen molar-refractivity contribution in [2.45, 2.75) is 37.3 Å². The summed E-state index contributed by atoms with van der Waals surface area (Å²) in [4.78, 5) is 16.1. The van der Waals surface area contributed by atoms with Crippen LogP contribution in [0.1, 0.15) is 24.8 Å². The SMILES string of the molecule is O=C(Cc1cccnc1)N[C@@H]1COC2(CCNCC2)C1. The molecule has 0 radical (unpaired) electrons. The summed E-state index contributed by atoms with van der Waals surface area (Å²) in [6, 6.07) is 3.93. The van der Waals surface area contributed by atoms with Gasteiger partial charge in [-0.15, -0.1) is 0 Å². The molecular formula is C15H21N3O2. The molecule has 20 heavy (non-hydrogen) atoms. The van der Waals surface area contributed by atoms with E-state index in [1.165, 1.54) is 0 Å². The van der Waals surface area contributed by atoms with Crippen LogP contribution in [0.2, 0.25) is 0 Å². The van der Waals surface area contributed by atoms with E-state index in [1.807, 2.05) is 12.1 Å². The van der Waals surface area contributed by atoms with E-state index in [1.54, 1.807) is 12.4 Å². The molecular weight excluding hydrogens is 254 g/mol. The van der Waals surface area contributed by atoms with Crippen molar-refractivity contribution in [2.24, 2.45) is 0 Å². The first kappa shape index (κ1) is 13.5. The second-order valence-corrected chi connectivity index (χ2v) is 5.75. The maximum absolute atomic E-state index is 12.0. The zero-order valence-electron chi connectivity index (χ0n) is 11.6. The Hall–Kier alpha value is -1.46. The molecule has 0 aliphatic carbocycles. The first-order valence-corrected chi connectivity index (χ1v) is 7.29. The van der Waals surface area contributed by atoms with Gasteiger partial charge in [-0.05, 0) is 44.0 Å². The van der Waals surface area contributed by atoms with Crippen molar-refractivity contribution in [3.8, 4) is 0 Å². The van der Waals surface area contributed by atoms with Crippen LogP contribution in [0.25, 0.3) is 0 Å². The fourth-order valence-corrected chi connectivity index (χ4v) is 3.13. The number of piperidine rings is 1. The highest BCUT2D eigenvalue weighted by Crippen LogP contribution is 2.33. The molecule has 1 amide bonds. The van der Waals surface area contributed by atoms with Crippen LogP contribution in [0, 0.1) is 0 Å². The molecule has 5 nitrogen and oxygen atoms in total. The van der Waals surface area contributed by atoms with Gasteiger partial charge in [-0.3, -0.25) is 9.78 Å². The Morgan fingerprint density at radius 1 is 1.50 bits per heavy atom. The molecule has 3 heterocycles. The van der Waals surface area contributed by atoms with Crippen LogP contribution in [-0.2, 0) is 16.0 Å². The lowest BCUT2D eigenvalue weighted by Gasteiger charge is -2.32. The number of pyridine rings is 1. The number of ether oxygens (including phenoxy) is 1. The van der Waals surface area contributed by atoms with Crippen molar-refractivity contribution < 1.29 is 9.53 Å². The highest BCUT2D eigenvalue weighted by atomic mass is 16.5. The second kappa shape index (κ2) is 5.89. The number of nitrogens with zero attached hydrogens (tertiary/aromatic N) is 1. The van der Waals surface area contributed by atoms with Gasteiger partial charge in [-0.1, -0.05) is 6.07 Å². The topological polar surface area (TPSA) is 63.2 Å². The third kappa shape index (κ3) is 3.16. The Balaban J connectivity index is 1.50. The van der Waals surface area contributed by atoms with E-state index in [-0.39, 0.29) is 17.6 Å². The number of amides is 1. The van der Waals surface area contributed by atoms with Crippen molar-refractivity contribution in [1.29, 1.82) is 0 Å². The molecule has 0 unspecified atom stereocenters. The Labute approximate surface area is 119 Å². The normalized spacial score (nSPS) is 24.7. The second-order valence-electron chi connectivity index (χ2n) is 5.75. The summed E-state index contributed by atoms with van der Waals surface area (Å²) in [5.74, 6) is 0.0533. The van der Waals surface area contributed by atoms with E-state index >= 15 is 0 Å². The predicted molar refractivity (Wildman–Crippen MR) is 75.3 cm³/mol. The minimum atomic E-state index is -0.00248. The zero-order valence-corrected chi connectivity index (χ0v) is 11.6. The Kier molecular flexibility index (Phi) is 3.98. The molecule has 1 atom stereocenters. The lowest BCUT2D eigenvalue weighted by Crippen LogP contribution is -2.43. The minimum Gasteiger partial charge on any atom is -0.373 e. The lowest BCUT2D eigenvalue weighted by atomic mass is 9.88. The summed E-state index contributed by atoms with van der Waals surface area (Å²) < 4.78 is 5.98. The standard InChI is InChI=1S/C15H21N3O2/c19-14(8-12-2-1-5-17-10-12)18-13-9-15(20-11-13)3-6-16-7-4-15/h1-2,5,10,13,16H,3-4,6-9,11H2,(H,18,19)/t13-/m0/s1. The van der Waals surface area contributed by atoms with Gasteiger partial charge >= 0.3 is 0 Å². The maximum atomic E-state index is 12.0. The number of aromatic nitrogens is 1. The summed E-state index contributed by atoms with van der Waals surface area (Å²) in [5, 5.41) is 6.44. The Morgan fingerprint density at radius 2 is 2.35 bits per heavy atom. The highest BCUT2D eigenvalue weighted by molar-refractivity contribution is 5.78. The highest BCUT2D eigenvalue weighted by Gasteiger charge is 2.41. The molecule has 0 aromatic carbocycles. The average molecular weight is 275 g/mol. The predicted octanol–water partition coefficient (Wildman–Crippen LogP) is 0.651. The number of rotatable bonds is 3. The Morgan fingerprint density at radius 3 is 3.10 bits per heavy atom. The fraction of sp³-hybridized carbons (Fsp3) is 0.600. The molecule has 1 aromatic rings. The number of hydrogen-bond donors (Lipinski definition) is 2. The van der Waals surface area contributed by atoms with Crippen molar-refractivity contribution >= 4 is 5.91 Å². The molecule has 5 heteroatoms. The van der Waals surface area contributed by atoms with Crippen LogP contribution in [0.3, 0.4) is 0 Å². The molecule has 0 bridgehead atoms. The molecule has 1 aromatic heterocycles. The largest absolute Gasteiger partial charge is 0.373 e. The molecule has 2 aliphatic heterocycles. The van der Waals surface area contributed by atoms with Crippen molar-refractivity contribution in [1.82, 2.24) is 15.6 Å². The van der Waals surface area contributed by atoms with Gasteiger partial charge in [0.2, 0.25) is 5.91 Å². The molecule has 108 valence electrons. The molecule has 2 aliphatic rings. The number of carbonyl (C=O) groups excluding carboxylic acids is 1. The third-order valence-corrected chi connectivity index (χ3v) is 4.18. The van der Waals surface area contributed by atoms with Crippen LogP contribution in [0.5, 0.6) is 0 Å². The van der Waals surface area contributed by atoms with Gasteiger partial charge in [0.15, 0.2) is 0 Å². The third-order valence-electron chi connectivity index (χ3n) is 4.18. The summed E-state index contributed by atoms with van der Waals surface area (Å²) in [6.07, 6.45) is 6.86. The lowest BCUT2D eigenvalue weighted by molar-refractivity contribution is -0.121. The molecule has 2 saturated heterocycles. The summed E-state index contributed by atoms with van der Waals surface area (Å²) in [7, 11) is 0. The van der Waals surface area contributed by atoms with Crippen LogP contribution in [0.15, 0.2) is 24.5 Å². The quantitative estimate of drug-likeness (QED) is 0.850. The van der Waals surface area contributed by atoms with Crippen molar-refractivity contribution in [3.63, 3.8) is 0 Å². The van der Waals surface area contributed by atoms with Gasteiger partial charge in [0.25, 0.3) is 0 Å². The molecule has 0 saturated carbocycles. The molecule has 2 fully saturated rings. The molecule has 2 N–H and O–H groups in total. The first-order chi connectivity index (χ1) is 9.76. The average Bonchev–Trinajstić information content (AvgIpc) is 2.83. The molecule has 3 rings (SSSR count). The maximum Gasteiger partial charge on any atom is 0.224 e. The molecule has 1 spiro atoms. The van der Waals surface area contributed by atoms with E-state index in [2.05, 4.69) is 15.6 Å². The summed E-state index contributed by atoms with van der Waals surface area (Å²) >= 11 is 0. The summed E-state index contributed by atoms with van der Waals surface area (Å²) in [6.45, 7) is 2.66. The van der Waals surface area contributed by atoms with Gasteiger partial charge in [0.05, 0.1) is 24.7 Å². The minimum absolute atomic E-state index is 0.00248. The number of nitrogens with one attached hydrogen (secondary N) is 2. The zero-order chi connectivity index (χ0) is 13.8. The van der Waals surface area contributed by atoms with Crippen LogP contribution >= 0.6 is 0 Å². The van der Waals surface area contributed by atoms with Gasteiger partial charge in [-0.2, -0.15) is 0 Å². The van der Waals surface area contributed by atoms with Crippen molar-refractivity contribution in [3.05, 3.63) is 30.1 Å². The van der Waals surface area contributed by atoms with E-state index in [9.17, 15) is 4.79 Å². The number of carbonyl (C=O) groups is 1. The van der Waals surface area contributed by atoms with Crippen molar-refractivity contribution in [2.75, 3.05) is 19.7 Å². The monoisotopic (exact) mass is 275 g/mol. The van der Waals surface area contributed by atoms with Gasteiger partial charge in [0.1, 0.15) is 0 Å². The Bertz CT molecular complexity index is 457. The van der Waals surface area contributed by atoms with E-state index < -0.39 is 0 Å². The van der Waals surface area contributed by atoms with E-state index in [0.717, 1.165) is 37.9 Å². The summed E-state index contributed by atoms with van der Waals surface area (Å²) in [5.41, 5.74) is 0.942. The van der Waals surface area contributed by atoms with Crippen LogP contribution in [-0.4, -0.2) is 42.2 Å². The van der Waals surface area contributed by atoms with E-state index in [4.69, 9.17) is 4.74 Å². The van der Waals surface area contributed by atoms with E-state index in [0.29, 0.717) is 13.0 Å². The van der Waals surface area contributed by atoms with Gasteiger partial charge in [0, 0.05) is 12.4 Å².